The molecule has 0 amide bonds. The Bertz CT molecular complexity index is 600. The van der Waals surface area contributed by atoms with Crippen molar-refractivity contribution in [3.05, 3.63) is 12.0 Å². The van der Waals surface area contributed by atoms with Crippen LogP contribution in [0.5, 0.6) is 0 Å². The molecule has 0 radical (unpaired) electrons. The maximum Gasteiger partial charge on any atom is 0.153 e. The van der Waals surface area contributed by atoms with Crippen molar-refractivity contribution in [2.75, 3.05) is 5.73 Å². The molecular formula is C13H18N6O2. The van der Waals surface area contributed by atoms with E-state index in [1.54, 1.807) is 0 Å². The van der Waals surface area contributed by atoms with Gasteiger partial charge in [-0.05, 0) is 6.42 Å². The molecule has 0 saturated heterocycles. The largest absolute Gasteiger partial charge is 0.384 e. The van der Waals surface area contributed by atoms with Crippen LogP contribution < -0.4 is 5.73 Å². The standard InChI is InChI=1S/C13H18N6O2/c1-2-3-7(14)11(20)12(21)8(15)6-4-17-10-9(6)18-5-19-13(10)16/h4-6,11-12,14-15,20-21H,2-3H2,1H3,(H2,16,18,19)/t6?,11-,12+/m0/s1. The summed E-state index contributed by atoms with van der Waals surface area (Å²) < 4.78 is 0. The second-order valence-electron chi connectivity index (χ2n) is 4.87. The fourth-order valence-electron chi connectivity index (χ4n) is 2.18. The fourth-order valence-corrected chi connectivity index (χ4v) is 2.18. The molecule has 2 heterocycles. The topological polar surface area (TPSA) is 152 Å². The molecule has 0 aromatic carbocycles. The van der Waals surface area contributed by atoms with Crippen LogP contribution in [0.15, 0.2) is 11.3 Å². The summed E-state index contributed by atoms with van der Waals surface area (Å²) in [7, 11) is 0. The summed E-state index contributed by atoms with van der Waals surface area (Å²) in [6.07, 6.45) is 0.906. The first-order chi connectivity index (χ1) is 9.97. The summed E-state index contributed by atoms with van der Waals surface area (Å²) >= 11 is 0. The lowest BCUT2D eigenvalue weighted by Gasteiger charge is -2.22. The lowest BCUT2D eigenvalue weighted by molar-refractivity contribution is 0.102. The highest BCUT2D eigenvalue weighted by Crippen LogP contribution is 2.34. The molecule has 0 fully saturated rings. The minimum Gasteiger partial charge on any atom is -0.384 e. The number of nitrogens with two attached hydrogens (primary N) is 1. The molecule has 2 rings (SSSR count). The molecule has 1 aliphatic heterocycles. The minimum absolute atomic E-state index is 0.00658. The molecule has 0 saturated carbocycles. The van der Waals surface area contributed by atoms with Crippen molar-refractivity contribution < 1.29 is 10.2 Å². The number of aliphatic imine (C=N–C) groups is 1. The van der Waals surface area contributed by atoms with E-state index in [0.29, 0.717) is 24.2 Å². The van der Waals surface area contributed by atoms with Crippen LogP contribution in [-0.2, 0) is 0 Å². The number of fused-ring (bicyclic) bond motifs is 1. The molecule has 1 aliphatic rings. The molecule has 0 aliphatic carbocycles. The van der Waals surface area contributed by atoms with Gasteiger partial charge in [0.05, 0.1) is 17.3 Å². The van der Waals surface area contributed by atoms with Crippen molar-refractivity contribution in [1.29, 1.82) is 10.8 Å². The summed E-state index contributed by atoms with van der Waals surface area (Å²) in [6, 6.07) is 0. The van der Waals surface area contributed by atoms with Crippen LogP contribution >= 0.6 is 0 Å². The molecule has 112 valence electrons. The predicted octanol–water partition coefficient (Wildman–Crippen LogP) is 0.420. The van der Waals surface area contributed by atoms with Crippen molar-refractivity contribution in [3.63, 3.8) is 0 Å². The average molecular weight is 290 g/mol. The van der Waals surface area contributed by atoms with Gasteiger partial charge in [0.2, 0.25) is 0 Å². The van der Waals surface area contributed by atoms with E-state index < -0.39 is 18.1 Å². The zero-order valence-electron chi connectivity index (χ0n) is 11.6. The second kappa shape index (κ2) is 6.06. The molecule has 1 aromatic rings. The third-order valence-corrected chi connectivity index (χ3v) is 3.36. The van der Waals surface area contributed by atoms with E-state index in [1.807, 2.05) is 6.92 Å². The van der Waals surface area contributed by atoms with Gasteiger partial charge in [0, 0.05) is 11.9 Å². The Labute approximate surface area is 121 Å². The Kier molecular flexibility index (Phi) is 4.39. The number of nitrogens with zero attached hydrogens (tertiary/aromatic N) is 3. The van der Waals surface area contributed by atoms with Gasteiger partial charge in [-0.1, -0.05) is 13.3 Å². The van der Waals surface area contributed by atoms with Gasteiger partial charge < -0.3 is 26.8 Å². The highest BCUT2D eigenvalue weighted by Gasteiger charge is 2.34. The Balaban J connectivity index is 2.18. The van der Waals surface area contributed by atoms with E-state index >= 15 is 0 Å². The van der Waals surface area contributed by atoms with E-state index in [9.17, 15) is 10.2 Å². The summed E-state index contributed by atoms with van der Waals surface area (Å²) in [5.41, 5.74) is 6.34. The number of rotatable bonds is 6. The quantitative estimate of drug-likeness (QED) is 0.481. The zero-order valence-corrected chi connectivity index (χ0v) is 11.6. The van der Waals surface area contributed by atoms with Crippen LogP contribution in [0.1, 0.15) is 31.4 Å². The van der Waals surface area contributed by atoms with Crippen LogP contribution in [0, 0.1) is 10.8 Å². The van der Waals surface area contributed by atoms with Crippen LogP contribution in [-0.4, -0.2) is 50.0 Å². The highest BCUT2D eigenvalue weighted by molar-refractivity contribution is 6.10. The first kappa shape index (κ1) is 15.2. The van der Waals surface area contributed by atoms with E-state index in [0.717, 1.165) is 0 Å². The Morgan fingerprint density at radius 3 is 2.71 bits per heavy atom. The molecule has 6 N–H and O–H groups in total. The lowest BCUT2D eigenvalue weighted by Crippen LogP contribution is -2.41. The number of hydrogen-bond donors (Lipinski definition) is 5. The van der Waals surface area contributed by atoms with Gasteiger partial charge in [0.15, 0.2) is 5.82 Å². The predicted molar refractivity (Wildman–Crippen MR) is 79.7 cm³/mol. The molecule has 1 unspecified atom stereocenters. The van der Waals surface area contributed by atoms with E-state index in [2.05, 4.69) is 15.0 Å². The van der Waals surface area contributed by atoms with Gasteiger partial charge in [0.25, 0.3) is 0 Å². The lowest BCUT2D eigenvalue weighted by atomic mass is 9.92. The number of anilines is 1. The van der Waals surface area contributed by atoms with Gasteiger partial charge >= 0.3 is 0 Å². The molecule has 8 heteroatoms. The van der Waals surface area contributed by atoms with Crippen molar-refractivity contribution in [2.24, 2.45) is 4.99 Å². The summed E-state index contributed by atoms with van der Waals surface area (Å²) in [5.74, 6) is -0.454. The Morgan fingerprint density at radius 1 is 1.33 bits per heavy atom. The smallest absolute Gasteiger partial charge is 0.153 e. The van der Waals surface area contributed by atoms with Gasteiger partial charge in [0.1, 0.15) is 24.2 Å². The Hall–Kier alpha value is -2.19. The molecule has 0 spiro atoms. The second-order valence-corrected chi connectivity index (χ2v) is 4.87. The molecule has 21 heavy (non-hydrogen) atoms. The first-order valence-corrected chi connectivity index (χ1v) is 6.63. The van der Waals surface area contributed by atoms with Crippen molar-refractivity contribution in [2.45, 2.75) is 37.9 Å². The van der Waals surface area contributed by atoms with Crippen LogP contribution in [0.3, 0.4) is 0 Å². The van der Waals surface area contributed by atoms with E-state index in [4.69, 9.17) is 16.6 Å². The fraction of sp³-hybridized carbons (Fsp3) is 0.462. The average Bonchev–Trinajstić information content (AvgIpc) is 2.90. The summed E-state index contributed by atoms with van der Waals surface area (Å²) in [4.78, 5) is 11.9. The number of aliphatic hydroxyl groups excluding tert-OH is 2. The van der Waals surface area contributed by atoms with Crippen molar-refractivity contribution in [3.8, 4) is 0 Å². The number of aliphatic hydroxyl groups is 2. The van der Waals surface area contributed by atoms with Crippen LogP contribution in [0.25, 0.3) is 0 Å². The third kappa shape index (κ3) is 2.81. The number of nitrogen functional groups attached to an aromatic ring is 1. The molecule has 3 atom stereocenters. The zero-order chi connectivity index (χ0) is 15.6. The monoisotopic (exact) mass is 290 g/mol. The van der Waals surface area contributed by atoms with Gasteiger partial charge in [-0.25, -0.2) is 9.97 Å². The number of aromatic nitrogens is 2. The SMILES string of the molecule is CCCC(=N)[C@H](O)[C@H](O)C(=N)C1C=Nc2c(N)ncnc21. The number of hydrogen-bond acceptors (Lipinski definition) is 8. The maximum absolute atomic E-state index is 10.1. The van der Waals surface area contributed by atoms with E-state index in [1.165, 1.54) is 12.5 Å². The van der Waals surface area contributed by atoms with Crippen LogP contribution in [0.4, 0.5) is 11.5 Å². The third-order valence-electron chi connectivity index (χ3n) is 3.36. The maximum atomic E-state index is 10.1. The van der Waals surface area contributed by atoms with Crippen molar-refractivity contribution in [1.82, 2.24) is 9.97 Å². The highest BCUT2D eigenvalue weighted by atomic mass is 16.3. The normalized spacial score (nSPS) is 19.1. The summed E-state index contributed by atoms with van der Waals surface area (Å²) in [6.45, 7) is 1.87. The van der Waals surface area contributed by atoms with Crippen molar-refractivity contribution >= 4 is 29.1 Å². The van der Waals surface area contributed by atoms with Gasteiger partial charge in [-0.3, -0.25) is 4.99 Å². The Morgan fingerprint density at radius 2 is 2.05 bits per heavy atom. The van der Waals surface area contributed by atoms with Crippen LogP contribution in [0.2, 0.25) is 0 Å². The van der Waals surface area contributed by atoms with E-state index in [-0.39, 0.29) is 17.2 Å². The molecule has 1 aromatic heterocycles. The summed E-state index contributed by atoms with van der Waals surface area (Å²) in [5, 5.41) is 35.8. The molecule has 8 nitrogen and oxygen atoms in total. The van der Waals surface area contributed by atoms with Gasteiger partial charge in [-0.2, -0.15) is 0 Å². The van der Waals surface area contributed by atoms with Gasteiger partial charge in [-0.15, -0.1) is 0 Å². The number of nitrogens with one attached hydrogen (secondary N) is 2. The molecular weight excluding hydrogens is 272 g/mol. The minimum atomic E-state index is -1.47. The molecule has 0 bridgehead atoms. The first-order valence-electron chi connectivity index (χ1n) is 6.63.